The number of nitrogens with zero attached hydrogens (tertiary/aromatic N) is 3. The predicted octanol–water partition coefficient (Wildman–Crippen LogP) is 0.613. The van der Waals surface area contributed by atoms with Crippen molar-refractivity contribution in [1.82, 2.24) is 14.8 Å². The lowest BCUT2D eigenvalue weighted by atomic mass is 10.0. The van der Waals surface area contributed by atoms with Gasteiger partial charge in [-0.3, -0.25) is 4.79 Å². The topological polar surface area (TPSA) is 75.6 Å². The Morgan fingerprint density at radius 2 is 2.44 bits per heavy atom. The van der Waals surface area contributed by atoms with Gasteiger partial charge in [-0.1, -0.05) is 0 Å². The minimum atomic E-state index is -0.452. The average Bonchev–Trinajstić information content (AvgIpc) is 2.96. The molecule has 6 nitrogen and oxygen atoms in total. The maximum Gasteiger partial charge on any atom is 0.272 e. The fourth-order valence-electron chi connectivity index (χ4n) is 3.33. The molecule has 4 rings (SSSR count). The predicted molar refractivity (Wildman–Crippen MR) is 68.9 cm³/mol. The van der Waals surface area contributed by atoms with Crippen LogP contribution in [0.1, 0.15) is 29.5 Å². The van der Waals surface area contributed by atoms with Gasteiger partial charge in [-0.05, 0) is 34.8 Å². The van der Waals surface area contributed by atoms with Gasteiger partial charge in [0.1, 0.15) is 5.69 Å². The van der Waals surface area contributed by atoms with Crippen molar-refractivity contribution in [3.8, 4) is 0 Å². The molecule has 2 atom stereocenters. The Bertz CT molecular complexity index is 594. The molecule has 0 unspecified atom stereocenters. The molecule has 3 aliphatic heterocycles. The Kier molecular flexibility index (Phi) is 1.79. The van der Waals surface area contributed by atoms with Crippen molar-refractivity contribution in [2.45, 2.75) is 24.7 Å². The molecule has 7 heteroatoms. The van der Waals surface area contributed by atoms with Crippen molar-refractivity contribution >= 4 is 27.8 Å². The summed E-state index contributed by atoms with van der Waals surface area (Å²) in [4.78, 5) is 18.9. The van der Waals surface area contributed by atoms with Crippen molar-refractivity contribution in [3.63, 3.8) is 0 Å². The first-order chi connectivity index (χ1) is 8.62. The van der Waals surface area contributed by atoms with E-state index < -0.39 is 5.66 Å². The van der Waals surface area contributed by atoms with Crippen molar-refractivity contribution in [3.05, 3.63) is 22.4 Å². The van der Waals surface area contributed by atoms with Crippen molar-refractivity contribution in [2.24, 2.45) is 10.7 Å². The van der Waals surface area contributed by atoms with Crippen LogP contribution < -0.4 is 11.1 Å². The first-order valence-corrected chi connectivity index (χ1v) is 6.72. The van der Waals surface area contributed by atoms with E-state index in [0.717, 1.165) is 23.9 Å². The van der Waals surface area contributed by atoms with E-state index >= 15 is 0 Å². The quantitative estimate of drug-likeness (QED) is 0.737. The van der Waals surface area contributed by atoms with Gasteiger partial charge < -0.3 is 20.5 Å². The molecule has 1 saturated heterocycles. The van der Waals surface area contributed by atoms with Crippen LogP contribution in [-0.2, 0) is 0 Å². The van der Waals surface area contributed by atoms with Gasteiger partial charge in [-0.2, -0.15) is 0 Å². The summed E-state index contributed by atoms with van der Waals surface area (Å²) < 4.78 is 2.81. The van der Waals surface area contributed by atoms with Crippen molar-refractivity contribution < 1.29 is 4.79 Å². The minimum Gasteiger partial charge on any atom is -0.370 e. The Morgan fingerprint density at radius 3 is 3.28 bits per heavy atom. The number of amides is 1. The first kappa shape index (κ1) is 10.4. The molecule has 1 amide bonds. The summed E-state index contributed by atoms with van der Waals surface area (Å²) in [5.41, 5.74) is 6.05. The van der Waals surface area contributed by atoms with Crippen LogP contribution in [0.4, 0.5) is 0 Å². The highest BCUT2D eigenvalue weighted by molar-refractivity contribution is 9.10. The number of guanidine groups is 1. The smallest absolute Gasteiger partial charge is 0.272 e. The van der Waals surface area contributed by atoms with Crippen LogP contribution in [0.25, 0.3) is 0 Å². The van der Waals surface area contributed by atoms with E-state index in [1.165, 1.54) is 0 Å². The SMILES string of the molecule is NC1=N[C@H]2n3cc(Br)cc3C(=O)N3CCC[C@]23N1. The van der Waals surface area contributed by atoms with Crippen LogP contribution in [0, 0.1) is 0 Å². The van der Waals surface area contributed by atoms with Crippen LogP contribution in [0.15, 0.2) is 21.7 Å². The molecule has 94 valence electrons. The molecule has 3 aliphatic rings. The number of carbonyl (C=O) groups is 1. The second kappa shape index (κ2) is 3.09. The van der Waals surface area contributed by atoms with Gasteiger partial charge in [0.25, 0.3) is 5.91 Å². The zero-order valence-electron chi connectivity index (χ0n) is 9.56. The number of carbonyl (C=O) groups excluding carboxylic acids is 1. The van der Waals surface area contributed by atoms with Crippen LogP contribution in [0.5, 0.6) is 0 Å². The Balaban J connectivity index is 1.97. The number of aliphatic imine (C=N–C) groups is 1. The van der Waals surface area contributed by atoms with Gasteiger partial charge in [-0.25, -0.2) is 4.99 Å². The zero-order chi connectivity index (χ0) is 12.5. The molecule has 4 heterocycles. The minimum absolute atomic E-state index is 0.0480. The van der Waals surface area contributed by atoms with Crippen LogP contribution in [0.2, 0.25) is 0 Å². The number of nitrogens with two attached hydrogens (primary N) is 1. The number of rotatable bonds is 0. The van der Waals surface area contributed by atoms with Gasteiger partial charge in [-0.15, -0.1) is 0 Å². The monoisotopic (exact) mass is 309 g/mol. The van der Waals surface area contributed by atoms with E-state index in [1.54, 1.807) is 0 Å². The Labute approximate surface area is 112 Å². The third kappa shape index (κ3) is 1.04. The van der Waals surface area contributed by atoms with E-state index in [2.05, 4.69) is 26.2 Å². The number of halogens is 1. The van der Waals surface area contributed by atoms with Gasteiger partial charge in [0.2, 0.25) is 0 Å². The summed E-state index contributed by atoms with van der Waals surface area (Å²) in [5, 5.41) is 3.21. The summed E-state index contributed by atoms with van der Waals surface area (Å²) in [6.07, 6.45) is 3.60. The number of fused-ring (bicyclic) bond motifs is 2. The standard InChI is InChI=1S/C11H12BrN5O/c12-6-4-7-8(18)17-3-1-2-11(17)9(16(7)5-6)14-10(13)15-11/h4-5,9H,1-3H2,(H3,13,14,15)/t9-,11+/m0/s1. The fourth-order valence-corrected chi connectivity index (χ4v) is 3.77. The number of hydrogen-bond donors (Lipinski definition) is 2. The fraction of sp³-hybridized carbons (Fsp3) is 0.455. The second-order valence-corrected chi connectivity index (χ2v) is 5.86. The molecule has 0 saturated carbocycles. The first-order valence-electron chi connectivity index (χ1n) is 5.93. The lowest BCUT2D eigenvalue weighted by Crippen LogP contribution is -2.63. The summed E-state index contributed by atoms with van der Waals surface area (Å²) in [5.74, 6) is 0.462. The summed E-state index contributed by atoms with van der Waals surface area (Å²) in [7, 11) is 0. The largest absolute Gasteiger partial charge is 0.370 e. The molecule has 18 heavy (non-hydrogen) atoms. The second-order valence-electron chi connectivity index (χ2n) is 4.95. The normalized spacial score (nSPS) is 32.7. The lowest BCUT2D eigenvalue weighted by molar-refractivity contribution is 0.0327. The van der Waals surface area contributed by atoms with Gasteiger partial charge >= 0.3 is 0 Å². The van der Waals surface area contributed by atoms with E-state index in [1.807, 2.05) is 21.7 Å². The molecule has 0 aliphatic carbocycles. The lowest BCUT2D eigenvalue weighted by Gasteiger charge is -2.43. The summed E-state index contributed by atoms with van der Waals surface area (Å²) in [6, 6.07) is 1.84. The van der Waals surface area contributed by atoms with Crippen molar-refractivity contribution in [2.75, 3.05) is 6.54 Å². The number of aromatic nitrogens is 1. The Hall–Kier alpha value is -1.50. The van der Waals surface area contributed by atoms with Gasteiger partial charge in [0.15, 0.2) is 17.8 Å². The molecule has 1 aromatic rings. The van der Waals surface area contributed by atoms with Gasteiger partial charge in [0.05, 0.1) is 0 Å². The van der Waals surface area contributed by atoms with Crippen molar-refractivity contribution in [1.29, 1.82) is 0 Å². The highest BCUT2D eigenvalue weighted by Crippen LogP contribution is 2.45. The molecule has 1 spiro atoms. The summed E-state index contributed by atoms with van der Waals surface area (Å²) >= 11 is 3.42. The molecular formula is C11H12BrN5O. The molecule has 0 radical (unpaired) electrons. The van der Waals surface area contributed by atoms with Crippen LogP contribution in [0.3, 0.4) is 0 Å². The maximum atomic E-state index is 12.5. The van der Waals surface area contributed by atoms with Crippen LogP contribution >= 0.6 is 15.9 Å². The molecule has 0 aromatic carbocycles. The van der Waals surface area contributed by atoms with E-state index in [4.69, 9.17) is 5.73 Å². The number of hydrogen-bond acceptors (Lipinski definition) is 4. The highest BCUT2D eigenvalue weighted by atomic mass is 79.9. The molecule has 1 fully saturated rings. The zero-order valence-corrected chi connectivity index (χ0v) is 11.1. The van der Waals surface area contributed by atoms with Gasteiger partial charge in [0, 0.05) is 17.2 Å². The number of nitrogens with one attached hydrogen (secondary N) is 1. The van der Waals surface area contributed by atoms with E-state index in [0.29, 0.717) is 11.7 Å². The third-order valence-electron chi connectivity index (χ3n) is 4.00. The average molecular weight is 310 g/mol. The van der Waals surface area contributed by atoms with Crippen LogP contribution in [-0.4, -0.2) is 33.5 Å². The molecule has 3 N–H and O–H groups in total. The molecular weight excluding hydrogens is 298 g/mol. The van der Waals surface area contributed by atoms with E-state index in [9.17, 15) is 4.79 Å². The molecule has 0 bridgehead atoms. The highest BCUT2D eigenvalue weighted by Gasteiger charge is 2.57. The molecule has 1 aromatic heterocycles. The van der Waals surface area contributed by atoms with E-state index in [-0.39, 0.29) is 12.1 Å². The third-order valence-corrected chi connectivity index (χ3v) is 4.43. The Morgan fingerprint density at radius 1 is 1.61 bits per heavy atom. The maximum absolute atomic E-state index is 12.5. The summed E-state index contributed by atoms with van der Waals surface area (Å²) in [6.45, 7) is 0.758.